The first kappa shape index (κ1) is 20.7. The number of nitrogen functional groups attached to an aromatic ring is 1. The molecule has 3 aromatic heterocycles. The maximum atomic E-state index is 11.6. The Kier molecular flexibility index (Phi) is 5.16. The van der Waals surface area contributed by atoms with Crippen molar-refractivity contribution < 1.29 is 9.90 Å². The van der Waals surface area contributed by atoms with Gasteiger partial charge in [-0.2, -0.15) is 10.4 Å². The number of rotatable bonds is 5. The maximum absolute atomic E-state index is 11.6. The van der Waals surface area contributed by atoms with Crippen LogP contribution in [0.4, 0.5) is 11.6 Å². The van der Waals surface area contributed by atoms with Crippen LogP contribution in [0.3, 0.4) is 0 Å². The van der Waals surface area contributed by atoms with Gasteiger partial charge in [0.2, 0.25) is 0 Å². The van der Waals surface area contributed by atoms with E-state index >= 15 is 0 Å². The van der Waals surface area contributed by atoms with Crippen LogP contribution in [0.15, 0.2) is 36.8 Å². The molecule has 0 aliphatic heterocycles. The summed E-state index contributed by atoms with van der Waals surface area (Å²) in [5.74, 6) is -0.211. The molecule has 10 heteroatoms. The molecular formula is C22H20N8O2. The third kappa shape index (κ3) is 3.67. The summed E-state index contributed by atoms with van der Waals surface area (Å²) in [4.78, 5) is 24.3. The molecule has 0 amide bonds. The highest BCUT2D eigenvalue weighted by molar-refractivity contribution is 5.91. The molecule has 4 aromatic rings. The van der Waals surface area contributed by atoms with Gasteiger partial charge in [0.25, 0.3) is 0 Å². The monoisotopic (exact) mass is 428 g/mol. The Morgan fingerprint density at radius 2 is 2.06 bits per heavy atom. The molecule has 0 aliphatic rings. The SMILES string of the molecule is Cc1cc(C(=O)O)cc(-c2nc([C@H](C)Nc3ncnc(N)c3C#N)nn3ccc(C)c23)c1. The highest BCUT2D eigenvalue weighted by Gasteiger charge is 2.19. The van der Waals surface area contributed by atoms with Crippen LogP contribution in [0.2, 0.25) is 0 Å². The molecule has 0 unspecified atom stereocenters. The number of nitriles is 1. The fourth-order valence-electron chi connectivity index (χ4n) is 3.51. The predicted molar refractivity (Wildman–Crippen MR) is 118 cm³/mol. The van der Waals surface area contributed by atoms with Gasteiger partial charge in [0, 0.05) is 11.8 Å². The number of hydrogen-bond donors (Lipinski definition) is 3. The number of carboxylic acid groups (broad SMARTS) is 1. The van der Waals surface area contributed by atoms with E-state index in [4.69, 9.17) is 10.7 Å². The minimum Gasteiger partial charge on any atom is -0.478 e. The van der Waals surface area contributed by atoms with Crippen LogP contribution in [-0.4, -0.2) is 35.6 Å². The van der Waals surface area contributed by atoms with Gasteiger partial charge in [0.1, 0.15) is 29.6 Å². The highest BCUT2D eigenvalue weighted by atomic mass is 16.4. The number of aromatic carboxylic acids is 1. The number of aromatic nitrogens is 5. The first-order valence-electron chi connectivity index (χ1n) is 9.77. The zero-order valence-electron chi connectivity index (χ0n) is 17.7. The molecule has 10 nitrogen and oxygen atoms in total. The average Bonchev–Trinajstić information content (AvgIpc) is 3.13. The van der Waals surface area contributed by atoms with E-state index < -0.39 is 12.0 Å². The predicted octanol–water partition coefficient (Wildman–Crippen LogP) is 3.13. The van der Waals surface area contributed by atoms with Gasteiger partial charge in [-0.3, -0.25) is 0 Å². The maximum Gasteiger partial charge on any atom is 0.335 e. The highest BCUT2D eigenvalue weighted by Crippen LogP contribution is 2.29. The Bertz CT molecular complexity index is 1400. The van der Waals surface area contributed by atoms with E-state index in [0.29, 0.717) is 17.1 Å². The van der Waals surface area contributed by atoms with Crippen molar-refractivity contribution >= 4 is 23.1 Å². The summed E-state index contributed by atoms with van der Waals surface area (Å²) < 4.78 is 1.72. The molecule has 0 spiro atoms. The largest absolute Gasteiger partial charge is 0.478 e. The van der Waals surface area contributed by atoms with E-state index in [9.17, 15) is 15.2 Å². The minimum absolute atomic E-state index is 0.0799. The van der Waals surface area contributed by atoms with Gasteiger partial charge in [0.15, 0.2) is 5.82 Å². The van der Waals surface area contributed by atoms with Gasteiger partial charge < -0.3 is 16.2 Å². The lowest BCUT2D eigenvalue weighted by atomic mass is 10.0. The Hall–Kier alpha value is -4.52. The molecule has 4 N–H and O–H groups in total. The van der Waals surface area contributed by atoms with Crippen LogP contribution in [0.1, 0.15) is 45.8 Å². The zero-order valence-corrected chi connectivity index (χ0v) is 17.7. The number of nitrogens with zero attached hydrogens (tertiary/aromatic N) is 6. The second-order valence-corrected chi connectivity index (χ2v) is 7.46. The van der Waals surface area contributed by atoms with Crippen molar-refractivity contribution in [3.8, 4) is 17.3 Å². The molecule has 4 rings (SSSR count). The lowest BCUT2D eigenvalue weighted by Gasteiger charge is -2.16. The van der Waals surface area contributed by atoms with E-state index in [2.05, 4.69) is 20.4 Å². The number of carbonyl (C=O) groups is 1. The lowest BCUT2D eigenvalue weighted by Crippen LogP contribution is -2.16. The number of nitrogens with two attached hydrogens (primary N) is 1. The fourth-order valence-corrected chi connectivity index (χ4v) is 3.51. The third-order valence-electron chi connectivity index (χ3n) is 5.06. The van der Waals surface area contributed by atoms with E-state index in [1.165, 1.54) is 6.33 Å². The molecule has 160 valence electrons. The Morgan fingerprint density at radius 3 is 2.78 bits per heavy atom. The Morgan fingerprint density at radius 1 is 1.28 bits per heavy atom. The molecular weight excluding hydrogens is 408 g/mol. The molecule has 1 aromatic carbocycles. The van der Waals surface area contributed by atoms with Crippen LogP contribution in [0.25, 0.3) is 16.8 Å². The van der Waals surface area contributed by atoms with Crippen LogP contribution in [-0.2, 0) is 0 Å². The molecule has 0 fully saturated rings. The number of fused-ring (bicyclic) bond motifs is 1. The minimum atomic E-state index is -1.01. The quantitative estimate of drug-likeness (QED) is 0.434. The van der Waals surface area contributed by atoms with Crippen molar-refractivity contribution in [2.75, 3.05) is 11.1 Å². The van der Waals surface area contributed by atoms with Crippen molar-refractivity contribution in [1.82, 2.24) is 24.6 Å². The van der Waals surface area contributed by atoms with Crippen LogP contribution in [0, 0.1) is 25.2 Å². The fraction of sp³-hybridized carbons (Fsp3) is 0.182. The average molecular weight is 428 g/mol. The molecule has 0 bridgehead atoms. The first-order valence-corrected chi connectivity index (χ1v) is 9.77. The molecule has 32 heavy (non-hydrogen) atoms. The summed E-state index contributed by atoms with van der Waals surface area (Å²) in [7, 11) is 0. The van der Waals surface area contributed by atoms with Crippen molar-refractivity contribution in [3.05, 3.63) is 64.9 Å². The van der Waals surface area contributed by atoms with Gasteiger partial charge in [0.05, 0.1) is 22.8 Å². The second kappa shape index (κ2) is 7.96. The standard InChI is InChI=1S/C22H20N8O2/c1-11-6-14(8-15(7-11)22(31)32)17-18-12(2)4-5-30(18)29-20(28-17)13(3)27-21-16(9-23)19(24)25-10-26-21/h4-8,10,13H,1-3H3,(H,31,32)(H3,24,25,26,27)/t13-/m0/s1. The van der Waals surface area contributed by atoms with Crippen LogP contribution < -0.4 is 11.1 Å². The number of anilines is 2. The number of carboxylic acids is 1. The molecule has 0 saturated carbocycles. The summed E-state index contributed by atoms with van der Waals surface area (Å²) in [6, 6.07) is 8.59. The van der Waals surface area contributed by atoms with E-state index in [0.717, 1.165) is 16.6 Å². The van der Waals surface area contributed by atoms with Crippen molar-refractivity contribution in [2.24, 2.45) is 0 Å². The second-order valence-electron chi connectivity index (χ2n) is 7.46. The van der Waals surface area contributed by atoms with Gasteiger partial charge in [-0.05, 0) is 56.2 Å². The number of aryl methyl sites for hydroxylation is 2. The van der Waals surface area contributed by atoms with Crippen molar-refractivity contribution in [3.63, 3.8) is 0 Å². The number of nitrogens with one attached hydrogen (secondary N) is 1. The summed E-state index contributed by atoms with van der Waals surface area (Å²) >= 11 is 0. The summed E-state index contributed by atoms with van der Waals surface area (Å²) in [5, 5.41) is 26.6. The zero-order chi connectivity index (χ0) is 23.0. The van der Waals surface area contributed by atoms with Gasteiger partial charge >= 0.3 is 5.97 Å². The third-order valence-corrected chi connectivity index (χ3v) is 5.06. The van der Waals surface area contributed by atoms with E-state index in [1.54, 1.807) is 16.6 Å². The van der Waals surface area contributed by atoms with Crippen LogP contribution >= 0.6 is 0 Å². The first-order chi connectivity index (χ1) is 15.3. The van der Waals surface area contributed by atoms with Gasteiger partial charge in [-0.1, -0.05) is 0 Å². The Labute approximate surface area is 183 Å². The van der Waals surface area contributed by atoms with Crippen molar-refractivity contribution in [2.45, 2.75) is 26.8 Å². The van der Waals surface area contributed by atoms with E-state index in [-0.39, 0.29) is 22.8 Å². The normalized spacial score (nSPS) is 11.8. The molecule has 3 heterocycles. The molecule has 0 radical (unpaired) electrons. The molecule has 1 atom stereocenters. The van der Waals surface area contributed by atoms with Crippen molar-refractivity contribution in [1.29, 1.82) is 5.26 Å². The summed E-state index contributed by atoms with van der Waals surface area (Å²) in [6.45, 7) is 5.62. The molecule has 0 saturated heterocycles. The topological polar surface area (TPSA) is 155 Å². The van der Waals surface area contributed by atoms with E-state index in [1.807, 2.05) is 45.2 Å². The lowest BCUT2D eigenvalue weighted by molar-refractivity contribution is 0.0697. The Balaban J connectivity index is 1.85. The summed E-state index contributed by atoms with van der Waals surface area (Å²) in [5.41, 5.74) is 9.94. The van der Waals surface area contributed by atoms with Crippen LogP contribution in [0.5, 0.6) is 0 Å². The smallest absolute Gasteiger partial charge is 0.335 e. The number of hydrogen-bond acceptors (Lipinski definition) is 8. The van der Waals surface area contributed by atoms with Gasteiger partial charge in [-0.15, -0.1) is 0 Å². The summed E-state index contributed by atoms with van der Waals surface area (Å²) in [6.07, 6.45) is 3.10. The molecule has 0 aliphatic carbocycles. The number of benzene rings is 1. The van der Waals surface area contributed by atoms with Gasteiger partial charge in [-0.25, -0.2) is 24.3 Å².